The molecule has 96 valence electrons. The smallest absolute Gasteiger partial charge is 0.234 e. The predicted molar refractivity (Wildman–Crippen MR) is 74.2 cm³/mol. The van der Waals surface area contributed by atoms with Gasteiger partial charge < -0.3 is 10.6 Å². The third kappa shape index (κ3) is 5.13. The van der Waals surface area contributed by atoms with Gasteiger partial charge in [0.05, 0.1) is 12.6 Å². The molecule has 17 heavy (non-hydrogen) atoms. The molecule has 0 aliphatic heterocycles. The molecular weight excluding hydrogens is 282 g/mol. The Kier molecular flexibility index (Phi) is 7.55. The molecular formula is C11H15Cl3N2O. The van der Waals surface area contributed by atoms with Crippen LogP contribution in [0.1, 0.15) is 18.5 Å². The lowest BCUT2D eigenvalue weighted by Crippen LogP contribution is -2.34. The van der Waals surface area contributed by atoms with E-state index in [9.17, 15) is 4.79 Å². The molecule has 0 radical (unpaired) electrons. The van der Waals surface area contributed by atoms with Crippen LogP contribution in [0.3, 0.4) is 0 Å². The largest absolute Gasteiger partial charge is 0.348 e. The average molecular weight is 298 g/mol. The summed E-state index contributed by atoms with van der Waals surface area (Å²) in [5.41, 5.74) is 0.857. The van der Waals surface area contributed by atoms with Gasteiger partial charge in [-0.3, -0.25) is 4.79 Å². The summed E-state index contributed by atoms with van der Waals surface area (Å²) in [6.07, 6.45) is 0. The van der Waals surface area contributed by atoms with E-state index >= 15 is 0 Å². The Morgan fingerprint density at radius 3 is 2.59 bits per heavy atom. The van der Waals surface area contributed by atoms with Crippen LogP contribution in [-0.4, -0.2) is 19.5 Å². The summed E-state index contributed by atoms with van der Waals surface area (Å²) in [5, 5.41) is 6.76. The minimum atomic E-state index is -0.134. The average Bonchev–Trinajstić information content (AvgIpc) is 2.17. The summed E-state index contributed by atoms with van der Waals surface area (Å²) in [6, 6.07) is 5.10. The SMILES string of the molecule is CNCC(=O)NC(C)c1ccc(Cl)cc1Cl.Cl. The van der Waals surface area contributed by atoms with Crippen LogP contribution >= 0.6 is 35.6 Å². The number of hydrogen-bond acceptors (Lipinski definition) is 2. The number of halogens is 3. The highest BCUT2D eigenvalue weighted by atomic mass is 35.5. The Morgan fingerprint density at radius 2 is 2.06 bits per heavy atom. The normalized spacial score (nSPS) is 11.5. The van der Waals surface area contributed by atoms with Gasteiger partial charge in [-0.15, -0.1) is 12.4 Å². The fraction of sp³-hybridized carbons (Fsp3) is 0.364. The van der Waals surface area contributed by atoms with Gasteiger partial charge in [0.2, 0.25) is 5.91 Å². The zero-order valence-corrected chi connectivity index (χ0v) is 11.9. The van der Waals surface area contributed by atoms with Crippen LogP contribution in [0, 0.1) is 0 Å². The van der Waals surface area contributed by atoms with Crippen LogP contribution in [0.2, 0.25) is 10.0 Å². The molecule has 3 nitrogen and oxygen atoms in total. The van der Waals surface area contributed by atoms with E-state index in [-0.39, 0.29) is 30.9 Å². The van der Waals surface area contributed by atoms with Gasteiger partial charge in [0, 0.05) is 10.0 Å². The molecule has 1 aromatic carbocycles. The van der Waals surface area contributed by atoms with Crippen molar-refractivity contribution in [2.24, 2.45) is 0 Å². The highest BCUT2D eigenvalue weighted by Gasteiger charge is 2.12. The van der Waals surface area contributed by atoms with Crippen molar-refractivity contribution in [2.75, 3.05) is 13.6 Å². The number of carbonyl (C=O) groups excluding carboxylic acids is 1. The Hall–Kier alpha value is -0.480. The van der Waals surface area contributed by atoms with Crippen LogP contribution in [-0.2, 0) is 4.79 Å². The molecule has 0 aliphatic carbocycles. The quantitative estimate of drug-likeness (QED) is 0.897. The van der Waals surface area contributed by atoms with Gasteiger partial charge in [0.1, 0.15) is 0 Å². The van der Waals surface area contributed by atoms with Gasteiger partial charge in [-0.1, -0.05) is 29.3 Å². The highest BCUT2D eigenvalue weighted by Crippen LogP contribution is 2.25. The molecule has 6 heteroatoms. The second-order valence-electron chi connectivity index (χ2n) is 3.49. The Balaban J connectivity index is 0.00000256. The third-order valence-corrected chi connectivity index (χ3v) is 2.71. The van der Waals surface area contributed by atoms with Crippen LogP contribution in [0.4, 0.5) is 0 Å². The second kappa shape index (κ2) is 7.77. The maximum absolute atomic E-state index is 11.4. The molecule has 1 aromatic rings. The first-order valence-corrected chi connectivity index (χ1v) is 5.69. The number of hydrogen-bond donors (Lipinski definition) is 2. The zero-order chi connectivity index (χ0) is 12.1. The molecule has 2 N–H and O–H groups in total. The number of rotatable bonds is 4. The lowest BCUT2D eigenvalue weighted by molar-refractivity contribution is -0.120. The van der Waals surface area contributed by atoms with Crippen molar-refractivity contribution >= 4 is 41.5 Å². The van der Waals surface area contributed by atoms with Crippen LogP contribution in [0.5, 0.6) is 0 Å². The molecule has 0 aliphatic rings. The number of carbonyl (C=O) groups is 1. The first kappa shape index (κ1) is 16.5. The molecule has 1 unspecified atom stereocenters. The molecule has 0 saturated heterocycles. The molecule has 1 atom stereocenters. The van der Waals surface area contributed by atoms with Crippen LogP contribution < -0.4 is 10.6 Å². The molecule has 0 aromatic heterocycles. The van der Waals surface area contributed by atoms with E-state index in [1.807, 2.05) is 13.0 Å². The summed E-state index contributed by atoms with van der Waals surface area (Å²) >= 11 is 11.8. The van der Waals surface area contributed by atoms with E-state index in [0.717, 1.165) is 5.56 Å². The third-order valence-electron chi connectivity index (χ3n) is 2.14. The van der Waals surface area contributed by atoms with Crippen molar-refractivity contribution in [1.82, 2.24) is 10.6 Å². The minimum Gasteiger partial charge on any atom is -0.348 e. The van der Waals surface area contributed by atoms with Crippen molar-refractivity contribution in [3.8, 4) is 0 Å². The maximum atomic E-state index is 11.4. The molecule has 0 saturated carbocycles. The minimum absolute atomic E-state index is 0. The predicted octanol–water partition coefficient (Wildman–Crippen LogP) is 2.81. The molecule has 1 amide bonds. The molecule has 0 spiro atoms. The van der Waals surface area contributed by atoms with E-state index in [2.05, 4.69) is 10.6 Å². The number of benzene rings is 1. The van der Waals surface area contributed by atoms with Gasteiger partial charge >= 0.3 is 0 Å². The van der Waals surface area contributed by atoms with Crippen molar-refractivity contribution in [2.45, 2.75) is 13.0 Å². The fourth-order valence-electron chi connectivity index (χ4n) is 1.38. The fourth-order valence-corrected chi connectivity index (χ4v) is 1.96. The first-order chi connectivity index (χ1) is 7.54. The topological polar surface area (TPSA) is 41.1 Å². The summed E-state index contributed by atoms with van der Waals surface area (Å²) in [4.78, 5) is 11.4. The molecule has 0 bridgehead atoms. The van der Waals surface area contributed by atoms with Crippen molar-refractivity contribution in [3.63, 3.8) is 0 Å². The van der Waals surface area contributed by atoms with Crippen molar-refractivity contribution in [1.29, 1.82) is 0 Å². The van der Waals surface area contributed by atoms with E-state index in [4.69, 9.17) is 23.2 Å². The first-order valence-electron chi connectivity index (χ1n) is 4.93. The van der Waals surface area contributed by atoms with E-state index < -0.39 is 0 Å². The van der Waals surface area contributed by atoms with Crippen LogP contribution in [0.15, 0.2) is 18.2 Å². The van der Waals surface area contributed by atoms with Crippen LogP contribution in [0.25, 0.3) is 0 Å². The zero-order valence-electron chi connectivity index (χ0n) is 9.59. The highest BCUT2D eigenvalue weighted by molar-refractivity contribution is 6.35. The second-order valence-corrected chi connectivity index (χ2v) is 4.33. The standard InChI is InChI=1S/C11H14Cl2N2O.ClH/c1-7(15-11(16)6-14-2)9-4-3-8(12)5-10(9)13;/h3-5,7,14H,6H2,1-2H3,(H,15,16);1H. The lowest BCUT2D eigenvalue weighted by atomic mass is 10.1. The van der Waals surface area contributed by atoms with Gasteiger partial charge in [-0.25, -0.2) is 0 Å². The van der Waals surface area contributed by atoms with E-state index in [1.165, 1.54) is 0 Å². The number of nitrogens with one attached hydrogen (secondary N) is 2. The number of likely N-dealkylation sites (N-methyl/N-ethyl adjacent to an activating group) is 1. The summed E-state index contributed by atoms with van der Waals surface area (Å²) in [6.45, 7) is 2.16. The summed E-state index contributed by atoms with van der Waals surface area (Å²) in [5.74, 6) is -0.0685. The monoisotopic (exact) mass is 296 g/mol. The number of amides is 1. The summed E-state index contributed by atoms with van der Waals surface area (Å²) in [7, 11) is 1.72. The van der Waals surface area contributed by atoms with Crippen molar-refractivity contribution in [3.05, 3.63) is 33.8 Å². The Labute approximate surface area is 117 Å². The molecule has 0 heterocycles. The van der Waals surface area contributed by atoms with Gasteiger partial charge in [-0.2, -0.15) is 0 Å². The lowest BCUT2D eigenvalue weighted by Gasteiger charge is -2.15. The van der Waals surface area contributed by atoms with Gasteiger partial charge in [-0.05, 0) is 31.7 Å². The molecule has 0 fully saturated rings. The van der Waals surface area contributed by atoms with E-state index in [0.29, 0.717) is 10.0 Å². The Bertz CT molecular complexity index is 385. The molecule has 1 rings (SSSR count). The van der Waals surface area contributed by atoms with Gasteiger partial charge in [0.25, 0.3) is 0 Å². The Morgan fingerprint density at radius 1 is 1.41 bits per heavy atom. The van der Waals surface area contributed by atoms with Gasteiger partial charge in [0.15, 0.2) is 0 Å². The van der Waals surface area contributed by atoms with E-state index in [1.54, 1.807) is 19.2 Å². The summed E-state index contributed by atoms with van der Waals surface area (Å²) < 4.78 is 0. The van der Waals surface area contributed by atoms with Crippen molar-refractivity contribution < 1.29 is 4.79 Å². The maximum Gasteiger partial charge on any atom is 0.234 e.